The first-order valence-corrected chi connectivity index (χ1v) is 8.17. The molecular weight excluding hydrogens is 440 g/mol. The molecule has 0 heterocycles. The fraction of sp³-hybridized carbons (Fsp3) is 0.111. The molecule has 3 N–H and O–H groups in total. The Bertz CT molecular complexity index is 534. The van der Waals surface area contributed by atoms with Crippen LogP contribution in [0.4, 0.5) is 5.69 Å². The van der Waals surface area contributed by atoms with Crippen LogP contribution in [-0.4, -0.2) is 15.0 Å². The highest BCUT2D eigenvalue weighted by Crippen LogP contribution is 2.31. The predicted octanol–water partition coefficient (Wildman–Crippen LogP) is 2.98. The summed E-state index contributed by atoms with van der Waals surface area (Å²) in [6, 6.07) is 3.15. The Labute approximate surface area is 125 Å². The van der Waals surface area contributed by atoms with Crippen LogP contribution in [0.25, 0.3) is 0 Å². The van der Waals surface area contributed by atoms with E-state index in [2.05, 4.69) is 59.1 Å². The number of hydrogen-bond acceptors (Lipinski definition) is 3. The third kappa shape index (κ3) is 4.06. The molecule has 0 aliphatic heterocycles. The van der Waals surface area contributed by atoms with Gasteiger partial charge in [-0.3, -0.25) is 0 Å². The molecule has 1 aromatic rings. The van der Waals surface area contributed by atoms with Gasteiger partial charge in [-0.05, 0) is 28.1 Å². The Kier molecular flexibility index (Phi) is 5.21. The molecule has 0 aliphatic rings. The first-order chi connectivity index (χ1) is 7.74. The summed E-state index contributed by atoms with van der Waals surface area (Å²) in [5, 5.41) is 0. The second-order valence-corrected chi connectivity index (χ2v) is 7.74. The van der Waals surface area contributed by atoms with E-state index in [0.717, 1.165) is 0 Å². The second kappa shape index (κ2) is 5.83. The van der Waals surface area contributed by atoms with E-state index in [1.807, 2.05) is 0 Å². The van der Waals surface area contributed by atoms with E-state index in [4.69, 9.17) is 5.73 Å². The maximum atomic E-state index is 12.0. The predicted molar refractivity (Wildman–Crippen MR) is 79.5 cm³/mol. The Morgan fingerprint density at radius 1 is 1.41 bits per heavy atom. The number of halogens is 3. The van der Waals surface area contributed by atoms with E-state index in [1.165, 1.54) is 6.07 Å². The van der Waals surface area contributed by atoms with Crippen LogP contribution in [0.15, 0.2) is 37.0 Å². The summed E-state index contributed by atoms with van der Waals surface area (Å²) in [7, 11) is -3.67. The zero-order valence-electron chi connectivity index (χ0n) is 8.50. The lowest BCUT2D eigenvalue weighted by atomic mass is 10.3. The van der Waals surface area contributed by atoms with Crippen LogP contribution in [0.5, 0.6) is 0 Å². The lowest BCUT2D eigenvalue weighted by Crippen LogP contribution is -2.26. The molecule has 0 unspecified atom stereocenters. The van der Waals surface area contributed by atoms with Crippen molar-refractivity contribution in [2.45, 2.75) is 4.90 Å². The number of sulfonamides is 1. The fourth-order valence-electron chi connectivity index (χ4n) is 1.11. The largest absolute Gasteiger partial charge is 0.398 e. The maximum Gasteiger partial charge on any atom is 0.244 e. The molecule has 0 aromatic heterocycles. The molecular formula is C9H9Br3N2O2S. The molecule has 0 spiro atoms. The Hall–Kier alpha value is 0.110. The monoisotopic (exact) mass is 446 g/mol. The highest BCUT2D eigenvalue weighted by molar-refractivity contribution is 9.11. The van der Waals surface area contributed by atoms with E-state index >= 15 is 0 Å². The Morgan fingerprint density at radius 2 is 2.00 bits per heavy atom. The minimum atomic E-state index is -3.67. The number of anilines is 1. The quantitative estimate of drug-likeness (QED) is 0.695. The SMILES string of the molecule is C=C(Br)CNS(=O)(=O)c1c(N)cc(Br)cc1Br. The lowest BCUT2D eigenvalue weighted by Gasteiger charge is -2.11. The molecule has 1 aromatic carbocycles. The summed E-state index contributed by atoms with van der Waals surface area (Å²) in [6.45, 7) is 3.65. The van der Waals surface area contributed by atoms with Gasteiger partial charge in [0.2, 0.25) is 10.0 Å². The highest BCUT2D eigenvalue weighted by atomic mass is 79.9. The van der Waals surface area contributed by atoms with Crippen LogP contribution < -0.4 is 10.5 Å². The van der Waals surface area contributed by atoms with Crippen molar-refractivity contribution in [1.82, 2.24) is 4.72 Å². The Morgan fingerprint density at radius 3 is 2.47 bits per heavy atom. The van der Waals surface area contributed by atoms with Crippen molar-refractivity contribution in [3.8, 4) is 0 Å². The van der Waals surface area contributed by atoms with Crippen molar-refractivity contribution in [2.75, 3.05) is 12.3 Å². The summed E-state index contributed by atoms with van der Waals surface area (Å²) in [4.78, 5) is 0.0226. The number of nitrogen functional groups attached to an aromatic ring is 1. The minimum Gasteiger partial charge on any atom is -0.398 e. The van der Waals surface area contributed by atoms with Crippen LogP contribution in [-0.2, 0) is 10.0 Å². The zero-order chi connectivity index (χ0) is 13.2. The van der Waals surface area contributed by atoms with Crippen LogP contribution in [0.2, 0.25) is 0 Å². The summed E-state index contributed by atoms with van der Waals surface area (Å²) in [5.41, 5.74) is 5.87. The van der Waals surface area contributed by atoms with Crippen molar-refractivity contribution in [3.63, 3.8) is 0 Å². The molecule has 17 heavy (non-hydrogen) atoms. The topological polar surface area (TPSA) is 72.2 Å². The summed E-state index contributed by atoms with van der Waals surface area (Å²) >= 11 is 9.48. The first-order valence-electron chi connectivity index (χ1n) is 4.31. The van der Waals surface area contributed by atoms with Gasteiger partial charge in [0.15, 0.2) is 0 Å². The van der Waals surface area contributed by atoms with Crippen molar-refractivity contribution in [2.24, 2.45) is 0 Å². The molecule has 8 heteroatoms. The van der Waals surface area contributed by atoms with Gasteiger partial charge in [-0.2, -0.15) is 0 Å². The van der Waals surface area contributed by atoms with Crippen molar-refractivity contribution >= 4 is 63.5 Å². The highest BCUT2D eigenvalue weighted by Gasteiger charge is 2.21. The lowest BCUT2D eigenvalue weighted by molar-refractivity contribution is 0.585. The Balaban J connectivity index is 3.20. The molecule has 4 nitrogen and oxygen atoms in total. The summed E-state index contributed by atoms with van der Waals surface area (Å²) in [6.07, 6.45) is 0. The smallest absolute Gasteiger partial charge is 0.244 e. The number of nitrogens with two attached hydrogens (primary N) is 1. The number of hydrogen-bond donors (Lipinski definition) is 2. The molecule has 0 fully saturated rings. The third-order valence-electron chi connectivity index (χ3n) is 1.76. The first kappa shape index (κ1) is 15.2. The van der Waals surface area contributed by atoms with Gasteiger partial charge in [0.25, 0.3) is 0 Å². The van der Waals surface area contributed by atoms with Crippen molar-refractivity contribution in [3.05, 3.63) is 32.1 Å². The molecule has 0 bridgehead atoms. The van der Waals surface area contributed by atoms with Crippen molar-refractivity contribution in [1.29, 1.82) is 0 Å². The van der Waals surface area contributed by atoms with Crippen LogP contribution >= 0.6 is 47.8 Å². The molecule has 94 valence electrons. The van der Waals surface area contributed by atoms with E-state index in [9.17, 15) is 8.42 Å². The van der Waals surface area contributed by atoms with Gasteiger partial charge >= 0.3 is 0 Å². The average molecular weight is 449 g/mol. The second-order valence-electron chi connectivity index (χ2n) is 3.15. The van der Waals surface area contributed by atoms with Gasteiger partial charge in [0.05, 0.1) is 5.69 Å². The third-order valence-corrected chi connectivity index (χ3v) is 4.90. The molecule has 0 saturated carbocycles. The normalized spacial score (nSPS) is 11.5. The van der Waals surface area contributed by atoms with E-state index in [1.54, 1.807) is 6.07 Å². The van der Waals surface area contributed by atoms with Gasteiger partial charge < -0.3 is 5.73 Å². The minimum absolute atomic E-state index is 0.0226. The zero-order valence-corrected chi connectivity index (χ0v) is 14.1. The van der Waals surface area contributed by atoms with Crippen molar-refractivity contribution < 1.29 is 8.42 Å². The van der Waals surface area contributed by atoms with Gasteiger partial charge in [-0.15, -0.1) is 0 Å². The van der Waals surface area contributed by atoms with Crippen LogP contribution in [0.3, 0.4) is 0 Å². The molecule has 0 radical (unpaired) electrons. The fourth-order valence-corrected chi connectivity index (χ4v) is 4.53. The van der Waals surface area contributed by atoms with Gasteiger partial charge in [-0.25, -0.2) is 13.1 Å². The number of rotatable bonds is 4. The van der Waals surface area contributed by atoms with Crippen LogP contribution in [0.1, 0.15) is 0 Å². The number of benzene rings is 1. The van der Waals surface area contributed by atoms with E-state index in [0.29, 0.717) is 13.4 Å². The van der Waals surface area contributed by atoms with E-state index in [-0.39, 0.29) is 17.1 Å². The van der Waals surface area contributed by atoms with Gasteiger partial charge in [0, 0.05) is 20.0 Å². The van der Waals surface area contributed by atoms with Crippen LogP contribution in [0, 0.1) is 0 Å². The standard InChI is InChI=1S/C9H9Br3N2O2S/c1-5(10)4-14-17(15,16)9-7(12)2-6(11)3-8(9)13/h2-3,14H,1,4,13H2. The summed E-state index contributed by atoms with van der Waals surface area (Å²) in [5.74, 6) is 0. The van der Waals surface area contributed by atoms with Gasteiger partial charge in [-0.1, -0.05) is 38.4 Å². The number of nitrogens with one attached hydrogen (secondary N) is 1. The van der Waals surface area contributed by atoms with E-state index < -0.39 is 10.0 Å². The maximum absolute atomic E-state index is 12.0. The molecule has 0 amide bonds. The molecule has 1 rings (SSSR count). The summed E-state index contributed by atoms with van der Waals surface area (Å²) < 4.78 is 28.0. The molecule has 0 atom stereocenters. The molecule has 0 saturated heterocycles. The molecule has 0 aliphatic carbocycles. The average Bonchev–Trinajstić information content (AvgIpc) is 2.12. The van der Waals surface area contributed by atoms with Gasteiger partial charge in [0.1, 0.15) is 4.90 Å².